The van der Waals surface area contributed by atoms with E-state index in [2.05, 4.69) is 0 Å². The molecule has 1 unspecified atom stereocenters. The molecule has 0 aliphatic heterocycles. The fourth-order valence-electron chi connectivity index (χ4n) is 1.78. The van der Waals surface area contributed by atoms with Gasteiger partial charge in [0.1, 0.15) is 11.9 Å². The third-order valence-corrected chi connectivity index (χ3v) is 2.54. The quantitative estimate of drug-likeness (QED) is 0.729. The molecule has 0 aliphatic rings. The highest BCUT2D eigenvalue weighted by Crippen LogP contribution is 2.29. The van der Waals surface area contributed by atoms with Crippen LogP contribution in [0, 0.1) is 0 Å². The number of ether oxygens (including phenoxy) is 2. The van der Waals surface area contributed by atoms with Crippen molar-refractivity contribution in [2.45, 2.75) is 32.8 Å². The Morgan fingerprint density at radius 2 is 2.00 bits per heavy atom. The smallest absolute Gasteiger partial charge is 0.166 e. The van der Waals surface area contributed by atoms with Crippen molar-refractivity contribution in [2.75, 3.05) is 13.7 Å². The van der Waals surface area contributed by atoms with Crippen molar-refractivity contribution in [3.8, 4) is 5.75 Å². The van der Waals surface area contributed by atoms with E-state index in [-0.39, 0.29) is 5.78 Å². The van der Waals surface area contributed by atoms with Crippen LogP contribution < -0.4 is 4.74 Å². The molecule has 0 saturated carbocycles. The topological polar surface area (TPSA) is 35.5 Å². The maximum Gasteiger partial charge on any atom is 0.166 e. The molecule has 0 aromatic heterocycles. The molecule has 0 fully saturated rings. The first-order valence-electron chi connectivity index (χ1n) is 6.01. The number of rotatable bonds is 7. The molecule has 3 heteroatoms. The molecule has 17 heavy (non-hydrogen) atoms. The maximum absolute atomic E-state index is 12.0. The minimum absolute atomic E-state index is 0.110. The molecule has 0 radical (unpaired) electrons. The van der Waals surface area contributed by atoms with Crippen molar-refractivity contribution in [3.63, 3.8) is 0 Å². The Morgan fingerprint density at radius 3 is 2.59 bits per heavy atom. The minimum Gasteiger partial charge on any atom is -0.496 e. The van der Waals surface area contributed by atoms with E-state index in [1.54, 1.807) is 7.11 Å². The van der Waals surface area contributed by atoms with Crippen molar-refractivity contribution in [3.05, 3.63) is 29.8 Å². The van der Waals surface area contributed by atoms with Crippen molar-refractivity contribution < 1.29 is 14.3 Å². The van der Waals surface area contributed by atoms with Crippen LogP contribution in [0.5, 0.6) is 5.75 Å². The molecule has 1 atom stereocenters. The van der Waals surface area contributed by atoms with E-state index in [0.29, 0.717) is 18.8 Å². The fraction of sp³-hybridized carbons (Fsp3) is 0.500. The molecule has 3 nitrogen and oxygen atoms in total. The Kier molecular flexibility index (Phi) is 5.70. The molecule has 1 aromatic carbocycles. The number of benzene rings is 1. The van der Waals surface area contributed by atoms with E-state index in [4.69, 9.17) is 9.47 Å². The van der Waals surface area contributed by atoms with Crippen LogP contribution in [0.3, 0.4) is 0 Å². The van der Waals surface area contributed by atoms with E-state index in [1.165, 1.54) is 0 Å². The first kappa shape index (κ1) is 13.7. The molecule has 0 amide bonds. The SMILES string of the molecule is CCCC(=O)C(OCC)c1ccccc1OC. The van der Waals surface area contributed by atoms with Gasteiger partial charge in [-0.1, -0.05) is 25.1 Å². The van der Waals surface area contributed by atoms with Gasteiger partial charge in [0.15, 0.2) is 5.78 Å². The Bertz CT molecular complexity index is 360. The number of para-hydroxylation sites is 1. The molecule has 0 spiro atoms. The lowest BCUT2D eigenvalue weighted by atomic mass is 10.0. The molecular formula is C14H20O3. The molecular weight excluding hydrogens is 216 g/mol. The number of carbonyl (C=O) groups is 1. The summed E-state index contributed by atoms with van der Waals surface area (Å²) in [5.74, 6) is 0.814. The average Bonchev–Trinajstić information content (AvgIpc) is 2.36. The summed E-state index contributed by atoms with van der Waals surface area (Å²) in [6, 6.07) is 7.51. The van der Waals surface area contributed by atoms with E-state index in [0.717, 1.165) is 12.0 Å². The molecule has 0 aliphatic carbocycles. The number of carbonyl (C=O) groups excluding carboxylic acids is 1. The summed E-state index contributed by atoms with van der Waals surface area (Å²) in [4.78, 5) is 12.0. The lowest BCUT2D eigenvalue weighted by Gasteiger charge is -2.18. The second-order valence-electron chi connectivity index (χ2n) is 3.79. The standard InChI is InChI=1S/C14H20O3/c1-4-8-12(15)14(17-5-2)11-9-6-7-10-13(11)16-3/h6-7,9-10,14H,4-5,8H2,1-3H3. The van der Waals surface area contributed by atoms with Crippen LogP contribution in [0.15, 0.2) is 24.3 Å². The summed E-state index contributed by atoms with van der Waals surface area (Å²) in [5, 5.41) is 0. The highest BCUT2D eigenvalue weighted by molar-refractivity contribution is 5.85. The maximum atomic E-state index is 12.0. The van der Waals surface area contributed by atoms with Crippen LogP contribution in [0.1, 0.15) is 38.4 Å². The normalized spacial score (nSPS) is 12.2. The largest absolute Gasteiger partial charge is 0.496 e. The van der Waals surface area contributed by atoms with Gasteiger partial charge in [0.05, 0.1) is 7.11 Å². The number of Topliss-reactive ketones (excluding diaryl/α,β-unsaturated/α-hetero) is 1. The number of methoxy groups -OCH3 is 1. The van der Waals surface area contributed by atoms with E-state index in [1.807, 2.05) is 38.1 Å². The summed E-state index contributed by atoms with van der Waals surface area (Å²) >= 11 is 0. The Hall–Kier alpha value is -1.35. The molecule has 0 bridgehead atoms. The zero-order chi connectivity index (χ0) is 12.7. The van der Waals surface area contributed by atoms with E-state index < -0.39 is 6.10 Å². The van der Waals surface area contributed by atoms with Gasteiger partial charge in [-0.3, -0.25) is 4.79 Å². The summed E-state index contributed by atoms with van der Waals surface area (Å²) in [6.45, 7) is 4.39. The van der Waals surface area contributed by atoms with Crippen LogP contribution >= 0.6 is 0 Å². The van der Waals surface area contributed by atoms with Gasteiger partial charge in [-0.15, -0.1) is 0 Å². The van der Waals surface area contributed by atoms with E-state index >= 15 is 0 Å². The molecule has 0 saturated heterocycles. The van der Waals surface area contributed by atoms with Crippen molar-refractivity contribution in [1.82, 2.24) is 0 Å². The van der Waals surface area contributed by atoms with Gasteiger partial charge in [-0.25, -0.2) is 0 Å². The van der Waals surface area contributed by atoms with Crippen LogP contribution in [0.4, 0.5) is 0 Å². The van der Waals surface area contributed by atoms with Gasteiger partial charge in [-0.05, 0) is 19.4 Å². The summed E-state index contributed by atoms with van der Waals surface area (Å²) < 4.78 is 10.8. The minimum atomic E-state index is -0.504. The van der Waals surface area contributed by atoms with Gasteiger partial charge in [-0.2, -0.15) is 0 Å². The third-order valence-electron chi connectivity index (χ3n) is 2.54. The summed E-state index contributed by atoms with van der Waals surface area (Å²) in [7, 11) is 1.60. The molecule has 0 heterocycles. The molecule has 94 valence electrons. The average molecular weight is 236 g/mol. The Labute approximate surface area is 103 Å². The number of hydrogen-bond acceptors (Lipinski definition) is 3. The molecule has 1 rings (SSSR count). The molecule has 1 aromatic rings. The van der Waals surface area contributed by atoms with Gasteiger partial charge < -0.3 is 9.47 Å². The Balaban J connectivity index is 3.00. The number of ketones is 1. The van der Waals surface area contributed by atoms with Gasteiger partial charge in [0, 0.05) is 18.6 Å². The Morgan fingerprint density at radius 1 is 1.29 bits per heavy atom. The predicted molar refractivity (Wildman–Crippen MR) is 67.3 cm³/mol. The van der Waals surface area contributed by atoms with Crippen LogP contribution in [-0.4, -0.2) is 19.5 Å². The molecule has 0 N–H and O–H groups in total. The van der Waals surface area contributed by atoms with Gasteiger partial charge in [0.2, 0.25) is 0 Å². The first-order chi connectivity index (χ1) is 8.24. The lowest BCUT2D eigenvalue weighted by molar-refractivity contribution is -0.130. The van der Waals surface area contributed by atoms with Gasteiger partial charge >= 0.3 is 0 Å². The van der Waals surface area contributed by atoms with Crippen molar-refractivity contribution in [1.29, 1.82) is 0 Å². The van der Waals surface area contributed by atoms with Crippen molar-refractivity contribution >= 4 is 5.78 Å². The first-order valence-corrected chi connectivity index (χ1v) is 6.01. The van der Waals surface area contributed by atoms with Gasteiger partial charge in [0.25, 0.3) is 0 Å². The highest BCUT2D eigenvalue weighted by atomic mass is 16.5. The van der Waals surface area contributed by atoms with Crippen LogP contribution in [0.25, 0.3) is 0 Å². The third kappa shape index (κ3) is 3.56. The lowest BCUT2D eigenvalue weighted by Crippen LogP contribution is -2.16. The van der Waals surface area contributed by atoms with Crippen LogP contribution in [0.2, 0.25) is 0 Å². The summed E-state index contributed by atoms with van der Waals surface area (Å²) in [6.07, 6.45) is 0.858. The fourth-order valence-corrected chi connectivity index (χ4v) is 1.78. The second-order valence-corrected chi connectivity index (χ2v) is 3.79. The van der Waals surface area contributed by atoms with E-state index in [9.17, 15) is 4.79 Å². The highest BCUT2D eigenvalue weighted by Gasteiger charge is 2.22. The zero-order valence-corrected chi connectivity index (χ0v) is 10.7. The van der Waals surface area contributed by atoms with Crippen molar-refractivity contribution in [2.24, 2.45) is 0 Å². The van der Waals surface area contributed by atoms with Crippen LogP contribution in [-0.2, 0) is 9.53 Å². The predicted octanol–water partition coefficient (Wildman–Crippen LogP) is 3.14. The zero-order valence-electron chi connectivity index (χ0n) is 10.7. The monoisotopic (exact) mass is 236 g/mol. The number of hydrogen-bond donors (Lipinski definition) is 0. The summed E-state index contributed by atoms with van der Waals surface area (Å²) in [5.41, 5.74) is 0.815. The second kappa shape index (κ2) is 7.07.